The van der Waals surface area contributed by atoms with Crippen molar-refractivity contribution in [3.8, 4) is 0 Å². The summed E-state index contributed by atoms with van der Waals surface area (Å²) in [7, 11) is -1.64. The van der Waals surface area contributed by atoms with Crippen LogP contribution in [0.25, 0.3) is 0 Å². The number of ether oxygens (including phenoxy) is 1. The molecule has 2 N–H and O–H groups in total. The maximum Gasteiger partial charge on any atom is 0.243 e. The van der Waals surface area contributed by atoms with E-state index in [-0.39, 0.29) is 4.90 Å². The fourth-order valence-electron chi connectivity index (χ4n) is 2.08. The first-order valence-corrected chi connectivity index (χ1v) is 8.57. The van der Waals surface area contributed by atoms with Gasteiger partial charge in [0.25, 0.3) is 0 Å². The molecular formula is C12H23N5O3S. The first-order valence-electron chi connectivity index (χ1n) is 7.08. The normalized spacial score (nSPS) is 17.2. The third-order valence-electron chi connectivity index (χ3n) is 3.33. The Labute approximate surface area is 125 Å². The SMILES string of the molecule is CNCCn1cc(S(=O)(=O)NCCN2CCOCC2)cn1. The summed E-state index contributed by atoms with van der Waals surface area (Å²) in [5.41, 5.74) is 0. The number of sulfonamides is 1. The molecule has 0 bridgehead atoms. The zero-order chi connectivity index (χ0) is 15.1. The molecule has 0 saturated carbocycles. The second-order valence-electron chi connectivity index (χ2n) is 4.89. The van der Waals surface area contributed by atoms with Gasteiger partial charge in [-0.15, -0.1) is 0 Å². The van der Waals surface area contributed by atoms with E-state index in [0.29, 0.717) is 32.8 Å². The van der Waals surface area contributed by atoms with Crippen molar-refractivity contribution in [1.29, 1.82) is 0 Å². The van der Waals surface area contributed by atoms with E-state index < -0.39 is 10.0 Å². The Kier molecular flexibility index (Phi) is 6.12. The third kappa shape index (κ3) is 5.04. The molecule has 0 aromatic carbocycles. The van der Waals surface area contributed by atoms with Gasteiger partial charge in [-0.05, 0) is 7.05 Å². The Bertz CT molecular complexity index is 525. The Balaban J connectivity index is 1.81. The number of likely N-dealkylation sites (N-methyl/N-ethyl adjacent to an activating group) is 1. The van der Waals surface area contributed by atoms with E-state index in [0.717, 1.165) is 19.6 Å². The lowest BCUT2D eigenvalue weighted by Crippen LogP contribution is -2.41. The maximum atomic E-state index is 12.1. The molecule has 9 heteroatoms. The second kappa shape index (κ2) is 7.85. The van der Waals surface area contributed by atoms with Crippen LogP contribution in [0.3, 0.4) is 0 Å². The Morgan fingerprint density at radius 2 is 2.05 bits per heavy atom. The van der Waals surface area contributed by atoms with Crippen LogP contribution >= 0.6 is 0 Å². The van der Waals surface area contributed by atoms with Crippen molar-refractivity contribution in [2.75, 3.05) is 53.0 Å². The van der Waals surface area contributed by atoms with Gasteiger partial charge in [-0.3, -0.25) is 9.58 Å². The number of nitrogens with one attached hydrogen (secondary N) is 2. The van der Waals surface area contributed by atoms with E-state index in [1.807, 2.05) is 7.05 Å². The Morgan fingerprint density at radius 3 is 2.76 bits per heavy atom. The largest absolute Gasteiger partial charge is 0.379 e. The highest BCUT2D eigenvalue weighted by Gasteiger charge is 2.17. The predicted molar refractivity (Wildman–Crippen MR) is 78.6 cm³/mol. The van der Waals surface area contributed by atoms with Gasteiger partial charge in [-0.2, -0.15) is 5.10 Å². The molecule has 0 spiro atoms. The smallest absolute Gasteiger partial charge is 0.243 e. The highest BCUT2D eigenvalue weighted by atomic mass is 32.2. The fourth-order valence-corrected chi connectivity index (χ4v) is 3.05. The number of aromatic nitrogens is 2. The lowest BCUT2D eigenvalue weighted by Gasteiger charge is -2.26. The van der Waals surface area contributed by atoms with E-state index in [1.54, 1.807) is 10.9 Å². The summed E-state index contributed by atoms with van der Waals surface area (Å²) in [6, 6.07) is 0. The molecule has 1 aliphatic rings. The topological polar surface area (TPSA) is 88.5 Å². The van der Waals surface area contributed by atoms with Crippen molar-refractivity contribution in [3.05, 3.63) is 12.4 Å². The molecule has 0 atom stereocenters. The quantitative estimate of drug-likeness (QED) is 0.620. The van der Waals surface area contributed by atoms with Gasteiger partial charge in [0, 0.05) is 38.9 Å². The summed E-state index contributed by atoms with van der Waals surface area (Å²) in [6.07, 6.45) is 2.93. The minimum Gasteiger partial charge on any atom is -0.379 e. The Hall–Kier alpha value is -1.00. The van der Waals surface area contributed by atoms with Crippen LogP contribution < -0.4 is 10.0 Å². The van der Waals surface area contributed by atoms with Gasteiger partial charge >= 0.3 is 0 Å². The van der Waals surface area contributed by atoms with Crippen LogP contribution in [0.15, 0.2) is 17.3 Å². The van der Waals surface area contributed by atoms with Gasteiger partial charge < -0.3 is 10.1 Å². The van der Waals surface area contributed by atoms with Gasteiger partial charge in [0.1, 0.15) is 4.90 Å². The Morgan fingerprint density at radius 1 is 1.29 bits per heavy atom. The average Bonchev–Trinajstić information content (AvgIpc) is 2.96. The fraction of sp³-hybridized carbons (Fsp3) is 0.750. The summed E-state index contributed by atoms with van der Waals surface area (Å²) in [6.45, 7) is 5.59. The molecule has 1 aliphatic heterocycles. The number of rotatable bonds is 8. The van der Waals surface area contributed by atoms with E-state index in [4.69, 9.17) is 4.74 Å². The second-order valence-corrected chi connectivity index (χ2v) is 6.66. The van der Waals surface area contributed by atoms with Crippen LogP contribution in [0, 0.1) is 0 Å². The monoisotopic (exact) mass is 317 g/mol. The van der Waals surface area contributed by atoms with Gasteiger partial charge in [0.2, 0.25) is 10.0 Å². The van der Waals surface area contributed by atoms with Crippen molar-refractivity contribution in [3.63, 3.8) is 0 Å². The van der Waals surface area contributed by atoms with E-state index in [2.05, 4.69) is 20.0 Å². The molecule has 2 rings (SSSR count). The number of hydrogen-bond acceptors (Lipinski definition) is 6. The average molecular weight is 317 g/mol. The molecule has 1 aromatic heterocycles. The number of morpholine rings is 1. The van der Waals surface area contributed by atoms with E-state index in [9.17, 15) is 8.42 Å². The van der Waals surface area contributed by atoms with Crippen molar-refractivity contribution in [1.82, 2.24) is 24.7 Å². The van der Waals surface area contributed by atoms with Crippen LogP contribution in [0.4, 0.5) is 0 Å². The summed E-state index contributed by atoms with van der Waals surface area (Å²) in [4.78, 5) is 2.39. The van der Waals surface area contributed by atoms with Crippen LogP contribution in [0.1, 0.15) is 0 Å². The molecule has 120 valence electrons. The summed E-state index contributed by atoms with van der Waals surface area (Å²) >= 11 is 0. The molecule has 0 aliphatic carbocycles. The third-order valence-corrected chi connectivity index (χ3v) is 4.75. The lowest BCUT2D eigenvalue weighted by molar-refractivity contribution is 0.0390. The lowest BCUT2D eigenvalue weighted by atomic mass is 10.4. The molecule has 0 radical (unpaired) electrons. The molecule has 0 amide bonds. The molecule has 8 nitrogen and oxygen atoms in total. The highest BCUT2D eigenvalue weighted by molar-refractivity contribution is 7.89. The first kappa shape index (κ1) is 16.4. The van der Waals surface area contributed by atoms with Crippen LogP contribution in [-0.4, -0.2) is 76.1 Å². The zero-order valence-electron chi connectivity index (χ0n) is 12.3. The number of hydrogen-bond donors (Lipinski definition) is 2. The minimum atomic E-state index is -3.48. The molecule has 1 saturated heterocycles. The van der Waals surface area contributed by atoms with Crippen LogP contribution in [-0.2, 0) is 21.3 Å². The zero-order valence-corrected chi connectivity index (χ0v) is 13.1. The summed E-state index contributed by atoms with van der Waals surface area (Å²) < 4.78 is 33.8. The van der Waals surface area contributed by atoms with Gasteiger partial charge in [0.15, 0.2) is 0 Å². The molecule has 1 aromatic rings. The van der Waals surface area contributed by atoms with Crippen LogP contribution in [0.5, 0.6) is 0 Å². The summed E-state index contributed by atoms with van der Waals surface area (Å²) in [5, 5.41) is 7.04. The first-order chi connectivity index (χ1) is 10.1. The number of nitrogens with zero attached hydrogens (tertiary/aromatic N) is 3. The summed E-state index contributed by atoms with van der Waals surface area (Å²) in [5.74, 6) is 0. The van der Waals surface area contributed by atoms with E-state index in [1.165, 1.54) is 6.20 Å². The van der Waals surface area contributed by atoms with Crippen molar-refractivity contribution in [2.45, 2.75) is 11.4 Å². The predicted octanol–water partition coefficient (Wildman–Crippen LogP) is -1.29. The molecular weight excluding hydrogens is 294 g/mol. The molecule has 0 unspecified atom stereocenters. The minimum absolute atomic E-state index is 0.209. The molecule has 1 fully saturated rings. The van der Waals surface area contributed by atoms with Gasteiger partial charge in [-0.1, -0.05) is 0 Å². The molecule has 21 heavy (non-hydrogen) atoms. The van der Waals surface area contributed by atoms with E-state index >= 15 is 0 Å². The van der Waals surface area contributed by atoms with Gasteiger partial charge in [0.05, 0.1) is 26.0 Å². The molecule has 2 heterocycles. The van der Waals surface area contributed by atoms with Gasteiger partial charge in [-0.25, -0.2) is 13.1 Å². The van der Waals surface area contributed by atoms with Crippen LogP contribution in [0.2, 0.25) is 0 Å². The van der Waals surface area contributed by atoms with Crippen molar-refractivity contribution >= 4 is 10.0 Å². The van der Waals surface area contributed by atoms with Crippen molar-refractivity contribution < 1.29 is 13.2 Å². The highest BCUT2D eigenvalue weighted by Crippen LogP contribution is 2.06. The maximum absolute atomic E-state index is 12.1. The van der Waals surface area contributed by atoms with Crippen molar-refractivity contribution in [2.24, 2.45) is 0 Å². The standard InChI is InChI=1S/C12H23N5O3S/c1-13-2-5-17-11-12(10-14-17)21(18,19)15-3-4-16-6-8-20-9-7-16/h10-11,13,15H,2-9H2,1H3.